The molecule has 22 heavy (non-hydrogen) atoms. The van der Waals surface area contributed by atoms with E-state index in [-0.39, 0.29) is 12.4 Å². The van der Waals surface area contributed by atoms with Crippen molar-refractivity contribution < 1.29 is 9.66 Å². The number of halogens is 3. The van der Waals surface area contributed by atoms with Gasteiger partial charge in [-0.25, -0.2) is 9.55 Å². The van der Waals surface area contributed by atoms with Crippen LogP contribution in [-0.2, 0) is 16.9 Å². The summed E-state index contributed by atoms with van der Waals surface area (Å²) in [7, 11) is 0. The number of benzene rings is 1. The normalized spacial score (nSPS) is 11.5. The zero-order chi connectivity index (χ0) is 16.3. The van der Waals surface area contributed by atoms with E-state index >= 15 is 0 Å². The molecule has 1 heterocycles. The highest BCUT2D eigenvalue weighted by Crippen LogP contribution is 2.42. The van der Waals surface area contributed by atoms with Crippen molar-refractivity contribution in [3.05, 3.63) is 52.0 Å². The van der Waals surface area contributed by atoms with E-state index in [1.165, 1.54) is 10.8 Å². The van der Waals surface area contributed by atoms with Crippen molar-refractivity contribution in [2.45, 2.75) is 23.9 Å². The van der Waals surface area contributed by atoms with Crippen molar-refractivity contribution >= 4 is 40.6 Å². The Morgan fingerprint density at radius 1 is 1.36 bits per heavy atom. The van der Waals surface area contributed by atoms with E-state index in [9.17, 15) is 10.1 Å². The average molecular weight is 365 g/mol. The largest absolute Gasteiger partial charge is 0.483 e. The Labute approximate surface area is 141 Å². The average Bonchev–Trinajstić information content (AvgIpc) is 2.87. The van der Waals surface area contributed by atoms with Crippen molar-refractivity contribution in [3.63, 3.8) is 0 Å². The van der Waals surface area contributed by atoms with Gasteiger partial charge in [0.25, 0.3) is 0 Å². The maximum atomic E-state index is 10.9. The predicted octanol–water partition coefficient (Wildman–Crippen LogP) is 4.22. The van der Waals surface area contributed by atoms with Crippen LogP contribution in [0.1, 0.15) is 18.3 Å². The van der Waals surface area contributed by atoms with E-state index in [0.29, 0.717) is 23.7 Å². The van der Waals surface area contributed by atoms with Crippen molar-refractivity contribution in [1.29, 1.82) is 0 Å². The van der Waals surface area contributed by atoms with Crippen LogP contribution in [0.5, 0.6) is 5.75 Å². The molecule has 1 aromatic heterocycles. The van der Waals surface area contributed by atoms with Gasteiger partial charge in [0.15, 0.2) is 6.61 Å². The van der Waals surface area contributed by atoms with Gasteiger partial charge in [0.2, 0.25) is 9.62 Å². The smallest absolute Gasteiger partial charge is 0.342 e. The fourth-order valence-corrected chi connectivity index (χ4v) is 2.45. The van der Waals surface area contributed by atoms with Gasteiger partial charge in [-0.15, -0.1) is 0 Å². The molecule has 0 aliphatic carbocycles. The lowest BCUT2D eigenvalue weighted by Crippen LogP contribution is -2.10. The lowest BCUT2D eigenvalue weighted by Gasteiger charge is -2.16. The molecule has 0 N–H and O–H groups in total. The van der Waals surface area contributed by atoms with E-state index in [1.807, 2.05) is 0 Å². The van der Waals surface area contributed by atoms with E-state index in [4.69, 9.17) is 39.5 Å². The number of aromatic nitrogens is 2. The van der Waals surface area contributed by atoms with Crippen LogP contribution in [-0.4, -0.2) is 14.5 Å². The monoisotopic (exact) mass is 363 g/mol. The van der Waals surface area contributed by atoms with Crippen molar-refractivity contribution in [3.8, 4) is 5.75 Å². The molecule has 0 aliphatic heterocycles. The summed E-state index contributed by atoms with van der Waals surface area (Å²) in [6, 6.07) is 6.76. The van der Waals surface area contributed by atoms with Crippen molar-refractivity contribution in [2.24, 2.45) is 0 Å². The number of para-hydroxylation sites is 1. The first-order chi connectivity index (χ1) is 10.3. The van der Waals surface area contributed by atoms with Crippen molar-refractivity contribution in [1.82, 2.24) is 9.55 Å². The molecule has 0 radical (unpaired) electrons. The number of alkyl halides is 3. The molecule has 2 aromatic rings. The molecule has 1 aromatic carbocycles. The minimum absolute atomic E-state index is 0.0272. The van der Waals surface area contributed by atoms with Crippen molar-refractivity contribution in [2.75, 3.05) is 0 Å². The summed E-state index contributed by atoms with van der Waals surface area (Å²) in [4.78, 5) is 14.4. The van der Waals surface area contributed by atoms with Gasteiger partial charge in [-0.2, -0.15) is 0 Å². The lowest BCUT2D eigenvalue weighted by atomic mass is 10.2. The molecule has 0 unspecified atom stereocenters. The highest BCUT2D eigenvalue weighted by Gasteiger charge is 2.27. The van der Waals surface area contributed by atoms with E-state index in [0.717, 1.165) is 0 Å². The van der Waals surface area contributed by atoms with E-state index in [1.54, 1.807) is 31.2 Å². The third-order valence-electron chi connectivity index (χ3n) is 2.97. The Morgan fingerprint density at radius 2 is 2.05 bits per heavy atom. The van der Waals surface area contributed by atoms with Crippen LogP contribution in [0.4, 0.5) is 5.82 Å². The van der Waals surface area contributed by atoms with Gasteiger partial charge in [-0.1, -0.05) is 53.0 Å². The van der Waals surface area contributed by atoms with Crippen LogP contribution in [0.2, 0.25) is 0 Å². The van der Waals surface area contributed by atoms with Gasteiger partial charge >= 0.3 is 5.82 Å². The Balaban J connectivity index is 2.23. The minimum atomic E-state index is -1.62. The quantitative estimate of drug-likeness (QED) is 0.452. The Hall–Kier alpha value is -1.50. The molecule has 6 nitrogen and oxygen atoms in total. The highest BCUT2D eigenvalue weighted by molar-refractivity contribution is 6.66. The minimum Gasteiger partial charge on any atom is -0.483 e. The molecule has 9 heteroatoms. The molecular formula is C13H12Cl3N3O3. The highest BCUT2D eigenvalue weighted by atomic mass is 35.6. The van der Waals surface area contributed by atoms with Crippen LogP contribution in [0.3, 0.4) is 0 Å². The molecule has 0 saturated carbocycles. The summed E-state index contributed by atoms with van der Waals surface area (Å²) in [5.74, 6) is 0.722. The molecule has 2 rings (SSSR count). The Kier molecular flexibility index (Phi) is 5.16. The Morgan fingerprint density at radius 3 is 2.64 bits per heavy atom. The van der Waals surface area contributed by atoms with Gasteiger partial charge in [0, 0.05) is 5.56 Å². The summed E-state index contributed by atoms with van der Waals surface area (Å²) in [5, 5.41) is 10.9. The molecule has 0 saturated heterocycles. The van der Waals surface area contributed by atoms with Crippen LogP contribution < -0.4 is 4.74 Å². The fourth-order valence-electron chi connectivity index (χ4n) is 1.98. The number of ether oxygens (including phenoxy) is 1. The van der Waals surface area contributed by atoms with Crippen LogP contribution in [0.25, 0.3) is 0 Å². The number of nitrogens with zero attached hydrogens (tertiary/aromatic N) is 3. The molecule has 0 atom stereocenters. The summed E-state index contributed by atoms with van der Waals surface area (Å²) >= 11 is 17.7. The molecule has 0 amide bonds. The number of imidazole rings is 1. The molecule has 0 fully saturated rings. The first-order valence-electron chi connectivity index (χ1n) is 6.32. The third-order valence-corrected chi connectivity index (χ3v) is 3.58. The van der Waals surface area contributed by atoms with E-state index < -0.39 is 8.72 Å². The van der Waals surface area contributed by atoms with Gasteiger partial charge in [-0.3, -0.25) is 0 Å². The zero-order valence-corrected chi connectivity index (χ0v) is 13.8. The van der Waals surface area contributed by atoms with Crippen LogP contribution >= 0.6 is 34.8 Å². The maximum absolute atomic E-state index is 10.9. The lowest BCUT2D eigenvalue weighted by molar-refractivity contribution is -0.392. The molecule has 118 valence electrons. The molecule has 0 bridgehead atoms. The standard InChI is InChI=1S/C13H12Cl3N3O3/c1-2-18-11(17-7-12(18)19(20)21)8-22-10-6-4-3-5-9(10)13(14,15)16/h3-7H,2,8H2,1H3. The topological polar surface area (TPSA) is 70.2 Å². The molecule has 0 spiro atoms. The second-order valence-corrected chi connectivity index (χ2v) is 6.60. The summed E-state index contributed by atoms with van der Waals surface area (Å²) in [5.41, 5.74) is 0.393. The molecular weight excluding hydrogens is 353 g/mol. The van der Waals surface area contributed by atoms with E-state index in [2.05, 4.69) is 4.98 Å². The van der Waals surface area contributed by atoms with Gasteiger partial charge in [0.1, 0.15) is 11.9 Å². The second-order valence-electron chi connectivity index (χ2n) is 4.32. The number of nitro groups is 1. The fraction of sp³-hybridized carbons (Fsp3) is 0.308. The van der Waals surface area contributed by atoms with Crippen LogP contribution in [0.15, 0.2) is 30.5 Å². The van der Waals surface area contributed by atoms with Gasteiger partial charge in [-0.05, 0) is 17.9 Å². The molecule has 0 aliphatic rings. The SMILES string of the molecule is CCn1c([N+](=O)[O-])cnc1COc1ccccc1C(Cl)(Cl)Cl. The second kappa shape index (κ2) is 6.73. The first-order valence-corrected chi connectivity index (χ1v) is 7.45. The summed E-state index contributed by atoms with van der Waals surface area (Å²) < 4.78 is 5.46. The Bertz CT molecular complexity index is 683. The zero-order valence-electron chi connectivity index (χ0n) is 11.5. The number of hydrogen-bond donors (Lipinski definition) is 0. The third kappa shape index (κ3) is 3.63. The number of hydrogen-bond acceptors (Lipinski definition) is 4. The van der Waals surface area contributed by atoms with Crippen LogP contribution in [0, 0.1) is 10.1 Å². The van der Waals surface area contributed by atoms with Gasteiger partial charge < -0.3 is 14.9 Å². The maximum Gasteiger partial charge on any atom is 0.342 e. The predicted molar refractivity (Wildman–Crippen MR) is 84.6 cm³/mol. The summed E-state index contributed by atoms with van der Waals surface area (Å²) in [6.07, 6.45) is 1.20. The number of rotatable bonds is 5. The first kappa shape index (κ1) is 16.9. The van der Waals surface area contributed by atoms with Gasteiger partial charge in [0.05, 0.1) is 6.54 Å². The summed E-state index contributed by atoms with van der Waals surface area (Å²) in [6.45, 7) is 2.22.